The molecule has 0 aliphatic rings. The Balaban J connectivity index is 1.97. The third-order valence-corrected chi connectivity index (χ3v) is 3.52. The molecular weight excluding hydrogens is 362 g/mol. The Bertz CT molecular complexity index is 860. The number of aryl methyl sites for hydroxylation is 1. The minimum absolute atomic E-state index is 0.321. The molecule has 0 radical (unpaired) electrons. The number of nitrogens with zero attached hydrogens (tertiary/aromatic N) is 4. The predicted molar refractivity (Wildman–Crippen MR) is 88.8 cm³/mol. The second-order valence-corrected chi connectivity index (χ2v) is 5.64. The van der Waals surface area contributed by atoms with Crippen LogP contribution in [0.4, 0.5) is 5.82 Å². The summed E-state index contributed by atoms with van der Waals surface area (Å²) in [6.07, 6.45) is 3.54. The molecule has 0 bridgehead atoms. The molecule has 0 aliphatic carbocycles. The van der Waals surface area contributed by atoms with Gasteiger partial charge in [0.1, 0.15) is 16.0 Å². The molecule has 8 heteroatoms. The van der Waals surface area contributed by atoms with Crippen LogP contribution < -0.4 is 10.1 Å². The maximum atomic E-state index is 12.5. The van der Waals surface area contributed by atoms with E-state index in [2.05, 4.69) is 36.4 Å². The zero-order chi connectivity index (χ0) is 16.4. The number of hydrogen-bond donors (Lipinski definition) is 1. The molecule has 0 unspecified atom stereocenters. The van der Waals surface area contributed by atoms with Gasteiger partial charge in [-0.25, -0.2) is 4.98 Å². The average Bonchev–Trinajstić information content (AvgIpc) is 2.88. The van der Waals surface area contributed by atoms with Gasteiger partial charge in [-0.05, 0) is 41.9 Å². The number of carbonyl (C=O) groups excluding carboxylic acids is 1. The second-order valence-electron chi connectivity index (χ2n) is 4.83. The summed E-state index contributed by atoms with van der Waals surface area (Å²) < 4.78 is 7.96. The SMILES string of the molecule is CCOc1cc2nc(C)cn2cc1C(=O)Nc1ccc(Br)nn1. The van der Waals surface area contributed by atoms with E-state index in [1.807, 2.05) is 20.0 Å². The van der Waals surface area contributed by atoms with Gasteiger partial charge in [-0.1, -0.05) is 0 Å². The zero-order valence-electron chi connectivity index (χ0n) is 12.6. The summed E-state index contributed by atoms with van der Waals surface area (Å²) in [4.78, 5) is 16.9. The summed E-state index contributed by atoms with van der Waals surface area (Å²) in [5.41, 5.74) is 2.00. The maximum absolute atomic E-state index is 12.5. The van der Waals surface area contributed by atoms with Crippen molar-refractivity contribution in [3.63, 3.8) is 0 Å². The number of ether oxygens (including phenoxy) is 1. The number of pyridine rings is 1. The van der Waals surface area contributed by atoms with Gasteiger partial charge in [-0.3, -0.25) is 4.79 Å². The van der Waals surface area contributed by atoms with Gasteiger partial charge >= 0.3 is 0 Å². The highest BCUT2D eigenvalue weighted by atomic mass is 79.9. The Hall–Kier alpha value is -2.48. The van der Waals surface area contributed by atoms with E-state index in [9.17, 15) is 4.79 Å². The number of hydrogen-bond acceptors (Lipinski definition) is 5. The molecule has 0 fully saturated rings. The molecule has 0 saturated carbocycles. The van der Waals surface area contributed by atoms with Crippen molar-refractivity contribution < 1.29 is 9.53 Å². The molecule has 3 rings (SSSR count). The topological polar surface area (TPSA) is 81.4 Å². The molecule has 0 aromatic carbocycles. The summed E-state index contributed by atoms with van der Waals surface area (Å²) in [5.74, 6) is 0.522. The summed E-state index contributed by atoms with van der Waals surface area (Å²) in [7, 11) is 0. The van der Waals surface area contributed by atoms with Crippen molar-refractivity contribution in [2.75, 3.05) is 11.9 Å². The van der Waals surface area contributed by atoms with Gasteiger partial charge in [0.15, 0.2) is 5.82 Å². The van der Waals surface area contributed by atoms with Crippen molar-refractivity contribution in [1.82, 2.24) is 19.6 Å². The number of amides is 1. The maximum Gasteiger partial charge on any atom is 0.262 e. The molecule has 1 N–H and O–H groups in total. The fourth-order valence-corrected chi connectivity index (χ4v) is 2.37. The summed E-state index contributed by atoms with van der Waals surface area (Å²) in [5, 5.41) is 10.4. The van der Waals surface area contributed by atoms with Gasteiger partial charge < -0.3 is 14.5 Å². The van der Waals surface area contributed by atoms with Gasteiger partial charge in [-0.2, -0.15) is 0 Å². The zero-order valence-corrected chi connectivity index (χ0v) is 14.2. The fourth-order valence-electron chi connectivity index (χ4n) is 2.15. The molecule has 7 nitrogen and oxygen atoms in total. The highest BCUT2D eigenvalue weighted by Crippen LogP contribution is 2.22. The van der Waals surface area contributed by atoms with Crippen LogP contribution in [0.2, 0.25) is 0 Å². The molecule has 0 aliphatic heterocycles. The minimum atomic E-state index is -0.321. The molecule has 0 spiro atoms. The lowest BCUT2D eigenvalue weighted by Crippen LogP contribution is -2.15. The van der Waals surface area contributed by atoms with Crippen LogP contribution >= 0.6 is 15.9 Å². The summed E-state index contributed by atoms with van der Waals surface area (Å²) in [6, 6.07) is 5.11. The Kier molecular flexibility index (Phi) is 4.24. The standard InChI is InChI=1S/C15H14BrN5O2/c1-3-23-11-6-14-17-9(2)7-21(14)8-10(11)15(22)18-13-5-4-12(16)19-20-13/h4-8H,3H2,1-2H3,(H,18,20,22). The van der Waals surface area contributed by atoms with E-state index in [1.165, 1.54) is 0 Å². The van der Waals surface area contributed by atoms with Crippen molar-refractivity contribution >= 4 is 33.3 Å². The van der Waals surface area contributed by atoms with E-state index in [-0.39, 0.29) is 5.91 Å². The number of carbonyl (C=O) groups is 1. The van der Waals surface area contributed by atoms with Crippen LogP contribution in [0.5, 0.6) is 5.75 Å². The second kappa shape index (κ2) is 6.33. The predicted octanol–water partition coefficient (Wildman–Crippen LogP) is 2.85. The molecule has 23 heavy (non-hydrogen) atoms. The van der Waals surface area contributed by atoms with Crippen LogP contribution in [0.15, 0.2) is 35.2 Å². The highest BCUT2D eigenvalue weighted by Gasteiger charge is 2.16. The number of nitrogens with one attached hydrogen (secondary N) is 1. The lowest BCUT2D eigenvalue weighted by molar-refractivity contribution is 0.102. The van der Waals surface area contributed by atoms with E-state index >= 15 is 0 Å². The molecule has 0 atom stereocenters. The third kappa shape index (κ3) is 3.31. The minimum Gasteiger partial charge on any atom is -0.493 e. The molecule has 1 amide bonds. The number of imidazole rings is 1. The largest absolute Gasteiger partial charge is 0.493 e. The van der Waals surface area contributed by atoms with Gasteiger partial charge in [0.05, 0.1) is 17.9 Å². The number of rotatable bonds is 4. The lowest BCUT2D eigenvalue weighted by atomic mass is 10.2. The molecule has 3 aromatic heterocycles. The van der Waals surface area contributed by atoms with Crippen molar-refractivity contribution in [3.8, 4) is 5.75 Å². The van der Waals surface area contributed by atoms with Crippen LogP contribution in [-0.4, -0.2) is 32.1 Å². The fraction of sp³-hybridized carbons (Fsp3) is 0.200. The first kappa shape index (κ1) is 15.4. The molecule has 118 valence electrons. The first-order valence-corrected chi connectivity index (χ1v) is 7.79. The number of fused-ring (bicyclic) bond motifs is 1. The van der Waals surface area contributed by atoms with Crippen molar-refractivity contribution in [2.24, 2.45) is 0 Å². The average molecular weight is 376 g/mol. The Morgan fingerprint density at radius 1 is 1.35 bits per heavy atom. The third-order valence-electron chi connectivity index (χ3n) is 3.09. The number of aromatic nitrogens is 4. The Morgan fingerprint density at radius 2 is 2.17 bits per heavy atom. The van der Waals surface area contributed by atoms with Crippen LogP contribution in [0.3, 0.4) is 0 Å². The first-order valence-electron chi connectivity index (χ1n) is 6.99. The molecule has 3 heterocycles. The quantitative estimate of drug-likeness (QED) is 0.757. The smallest absolute Gasteiger partial charge is 0.262 e. The van der Waals surface area contributed by atoms with Crippen molar-refractivity contribution in [3.05, 3.63) is 46.5 Å². The van der Waals surface area contributed by atoms with Gasteiger partial charge in [0.25, 0.3) is 5.91 Å². The molecule has 3 aromatic rings. The van der Waals surface area contributed by atoms with Crippen molar-refractivity contribution in [2.45, 2.75) is 13.8 Å². The lowest BCUT2D eigenvalue weighted by Gasteiger charge is -2.11. The van der Waals surface area contributed by atoms with Gasteiger partial charge in [0.2, 0.25) is 0 Å². The Morgan fingerprint density at radius 3 is 2.87 bits per heavy atom. The normalized spacial score (nSPS) is 10.7. The van der Waals surface area contributed by atoms with E-state index in [0.717, 1.165) is 11.3 Å². The first-order chi connectivity index (χ1) is 11.1. The van der Waals surface area contributed by atoms with Crippen LogP contribution in [0, 0.1) is 6.92 Å². The van der Waals surface area contributed by atoms with Gasteiger partial charge in [0, 0.05) is 18.5 Å². The molecular formula is C15H14BrN5O2. The van der Waals surface area contributed by atoms with Crippen LogP contribution in [0.25, 0.3) is 5.65 Å². The van der Waals surface area contributed by atoms with E-state index in [4.69, 9.17) is 4.74 Å². The summed E-state index contributed by atoms with van der Waals surface area (Å²) in [6.45, 7) is 4.21. The van der Waals surface area contributed by atoms with E-state index in [0.29, 0.717) is 28.3 Å². The summed E-state index contributed by atoms with van der Waals surface area (Å²) >= 11 is 3.20. The number of halogens is 1. The van der Waals surface area contributed by atoms with E-state index < -0.39 is 0 Å². The number of anilines is 1. The van der Waals surface area contributed by atoms with Crippen molar-refractivity contribution in [1.29, 1.82) is 0 Å². The highest BCUT2D eigenvalue weighted by molar-refractivity contribution is 9.10. The van der Waals surface area contributed by atoms with Gasteiger partial charge in [-0.15, -0.1) is 10.2 Å². The van der Waals surface area contributed by atoms with Crippen LogP contribution in [-0.2, 0) is 0 Å². The Labute approximate surface area is 140 Å². The molecule has 0 saturated heterocycles. The van der Waals surface area contributed by atoms with E-state index in [1.54, 1.807) is 28.8 Å². The monoisotopic (exact) mass is 375 g/mol. The van der Waals surface area contributed by atoms with Crippen LogP contribution in [0.1, 0.15) is 23.0 Å².